The van der Waals surface area contributed by atoms with Crippen LogP contribution in [0.5, 0.6) is 0 Å². The van der Waals surface area contributed by atoms with E-state index in [4.69, 9.17) is 9.79 Å². The Kier molecular flexibility index (Phi) is 3.41. The molecule has 1 aromatic carbocycles. The van der Waals surface area contributed by atoms with Crippen LogP contribution in [0.1, 0.15) is 0 Å². The molecule has 0 aromatic heterocycles. The third-order valence-corrected chi connectivity index (χ3v) is 2.11. The summed E-state index contributed by atoms with van der Waals surface area (Å²) < 4.78 is 10.5. The lowest BCUT2D eigenvalue weighted by molar-refractivity contribution is -0.114. The van der Waals surface area contributed by atoms with Crippen LogP contribution in [-0.2, 0) is 9.36 Å². The molecule has 1 aromatic rings. The van der Waals surface area contributed by atoms with Crippen LogP contribution in [0.4, 0.5) is 5.69 Å². The van der Waals surface area contributed by atoms with E-state index in [9.17, 15) is 9.36 Å². The first kappa shape index (κ1) is 10.9. The highest BCUT2D eigenvalue weighted by Gasteiger charge is 2.18. The van der Waals surface area contributed by atoms with Crippen LogP contribution in [0.3, 0.4) is 0 Å². The second kappa shape index (κ2) is 4.37. The number of hydrogen-bond donors (Lipinski definition) is 3. The quantitative estimate of drug-likeness (QED) is 0.651. The Hall–Kier alpha value is -1.16. The van der Waals surface area contributed by atoms with E-state index in [0.717, 1.165) is 0 Å². The number of benzene rings is 1. The maximum absolute atomic E-state index is 11.0. The molecule has 0 saturated heterocycles. The van der Waals surface area contributed by atoms with Gasteiger partial charge in [-0.2, -0.15) is 0 Å². The molecule has 1 rings (SSSR count). The monoisotopic (exact) mass is 215 g/mol. The average Bonchev–Trinajstić information content (AvgIpc) is 2.02. The first-order chi connectivity index (χ1) is 6.47. The lowest BCUT2D eigenvalue weighted by Gasteiger charge is -2.05. The summed E-state index contributed by atoms with van der Waals surface area (Å²) in [6.07, 6.45) is -0.790. The van der Waals surface area contributed by atoms with Crippen molar-refractivity contribution >= 4 is 19.2 Å². The molecule has 5 nitrogen and oxygen atoms in total. The van der Waals surface area contributed by atoms with E-state index in [0.29, 0.717) is 5.69 Å². The van der Waals surface area contributed by atoms with E-state index in [1.807, 2.05) is 0 Å². The predicted molar refractivity (Wildman–Crippen MR) is 52.0 cm³/mol. The van der Waals surface area contributed by atoms with Gasteiger partial charge in [-0.15, -0.1) is 0 Å². The van der Waals surface area contributed by atoms with Crippen LogP contribution in [-0.4, -0.2) is 21.9 Å². The van der Waals surface area contributed by atoms with E-state index in [2.05, 4.69) is 5.32 Å². The number of hydrogen-bond acceptors (Lipinski definition) is 2. The van der Waals surface area contributed by atoms with Gasteiger partial charge >= 0.3 is 7.60 Å². The van der Waals surface area contributed by atoms with E-state index in [-0.39, 0.29) is 0 Å². The minimum absolute atomic E-state index is 0.519. The van der Waals surface area contributed by atoms with Crippen molar-refractivity contribution < 1.29 is 19.1 Å². The summed E-state index contributed by atoms with van der Waals surface area (Å²) in [4.78, 5) is 28.1. The van der Waals surface area contributed by atoms with Gasteiger partial charge in [-0.25, -0.2) is 0 Å². The normalized spacial score (nSPS) is 11.0. The summed E-state index contributed by atoms with van der Waals surface area (Å²) in [6.45, 7) is 0. The third-order valence-electron chi connectivity index (χ3n) is 1.41. The summed E-state index contributed by atoms with van der Waals surface area (Å²) >= 11 is 0. The second-order valence-corrected chi connectivity index (χ2v) is 4.38. The van der Waals surface area contributed by atoms with Gasteiger partial charge in [0.2, 0.25) is 5.91 Å². The van der Waals surface area contributed by atoms with Crippen molar-refractivity contribution in [1.29, 1.82) is 0 Å². The summed E-state index contributed by atoms with van der Waals surface area (Å²) in [6, 6.07) is 8.48. The Morgan fingerprint density at radius 3 is 2.36 bits per heavy atom. The molecule has 1 amide bonds. The maximum atomic E-state index is 11.0. The molecule has 14 heavy (non-hydrogen) atoms. The topological polar surface area (TPSA) is 86.6 Å². The molecule has 0 bridgehead atoms. The van der Waals surface area contributed by atoms with Gasteiger partial charge < -0.3 is 15.1 Å². The van der Waals surface area contributed by atoms with Crippen LogP contribution in [0.2, 0.25) is 0 Å². The van der Waals surface area contributed by atoms with Crippen LogP contribution in [0.25, 0.3) is 0 Å². The van der Waals surface area contributed by atoms with Crippen LogP contribution >= 0.6 is 7.60 Å². The molecule has 0 radical (unpaired) electrons. The molecule has 0 atom stereocenters. The Balaban J connectivity index is 2.55. The maximum Gasteiger partial charge on any atom is 0.334 e. The minimum Gasteiger partial charge on any atom is -0.326 e. The van der Waals surface area contributed by atoms with Crippen molar-refractivity contribution in [2.24, 2.45) is 0 Å². The molecular formula is C8H10NO4P. The number of carbonyl (C=O) groups excluding carboxylic acids is 1. The van der Waals surface area contributed by atoms with Crippen molar-refractivity contribution in [1.82, 2.24) is 0 Å². The fraction of sp³-hybridized carbons (Fsp3) is 0.125. The molecule has 0 spiro atoms. The summed E-state index contributed by atoms with van der Waals surface area (Å²) in [5.74, 6) is -0.690. The van der Waals surface area contributed by atoms with Crippen molar-refractivity contribution in [3.05, 3.63) is 30.3 Å². The van der Waals surface area contributed by atoms with Gasteiger partial charge in [-0.05, 0) is 12.1 Å². The molecule has 0 saturated carbocycles. The van der Waals surface area contributed by atoms with Crippen molar-refractivity contribution in [2.45, 2.75) is 0 Å². The first-order valence-corrected chi connectivity index (χ1v) is 5.66. The molecular weight excluding hydrogens is 205 g/mol. The Labute approximate surface area is 80.9 Å². The van der Waals surface area contributed by atoms with Gasteiger partial charge in [-0.3, -0.25) is 9.36 Å². The van der Waals surface area contributed by atoms with Gasteiger partial charge in [0.15, 0.2) is 0 Å². The predicted octanol–water partition coefficient (Wildman–Crippen LogP) is 0.803. The van der Waals surface area contributed by atoms with Crippen LogP contribution in [0.15, 0.2) is 30.3 Å². The van der Waals surface area contributed by atoms with Crippen molar-refractivity contribution in [2.75, 3.05) is 11.5 Å². The first-order valence-electron chi connectivity index (χ1n) is 3.87. The molecule has 6 heteroatoms. The smallest absolute Gasteiger partial charge is 0.326 e. The van der Waals surface area contributed by atoms with Crippen molar-refractivity contribution in [3.8, 4) is 0 Å². The molecule has 0 unspecified atom stereocenters. The number of nitrogens with one attached hydrogen (secondary N) is 1. The van der Waals surface area contributed by atoms with E-state index in [1.54, 1.807) is 30.3 Å². The standard InChI is InChI=1S/C8H10NO4P/c10-8(6-14(11,12)13)9-7-4-2-1-3-5-7/h1-5H,6H2,(H,9,10)(H2,11,12,13). The zero-order chi connectivity index (χ0) is 10.6. The highest BCUT2D eigenvalue weighted by Crippen LogP contribution is 2.33. The zero-order valence-corrected chi connectivity index (χ0v) is 8.15. The molecule has 3 N–H and O–H groups in total. The van der Waals surface area contributed by atoms with Gasteiger partial charge in [0.05, 0.1) is 0 Å². The lowest BCUT2D eigenvalue weighted by atomic mass is 10.3. The van der Waals surface area contributed by atoms with E-state index in [1.165, 1.54) is 0 Å². The molecule has 76 valence electrons. The fourth-order valence-corrected chi connectivity index (χ4v) is 1.36. The number of anilines is 1. The highest BCUT2D eigenvalue weighted by molar-refractivity contribution is 7.52. The summed E-state index contributed by atoms with van der Waals surface area (Å²) in [5.41, 5.74) is 0.519. The Morgan fingerprint density at radius 1 is 1.29 bits per heavy atom. The average molecular weight is 215 g/mol. The molecule has 0 aliphatic rings. The van der Waals surface area contributed by atoms with Gasteiger partial charge in [0, 0.05) is 5.69 Å². The van der Waals surface area contributed by atoms with Crippen LogP contribution < -0.4 is 5.32 Å². The number of carbonyl (C=O) groups is 1. The molecule has 0 heterocycles. The second-order valence-electron chi connectivity index (χ2n) is 2.74. The highest BCUT2D eigenvalue weighted by atomic mass is 31.2. The van der Waals surface area contributed by atoms with Crippen LogP contribution in [0, 0.1) is 0 Å². The Bertz CT molecular complexity index is 359. The zero-order valence-electron chi connectivity index (χ0n) is 7.25. The SMILES string of the molecule is O=C(CP(=O)(O)O)Nc1ccccc1. The van der Waals surface area contributed by atoms with Gasteiger partial charge in [-0.1, -0.05) is 18.2 Å². The molecule has 0 aliphatic carbocycles. The largest absolute Gasteiger partial charge is 0.334 e. The summed E-state index contributed by atoms with van der Waals surface area (Å²) in [7, 11) is -4.27. The summed E-state index contributed by atoms with van der Waals surface area (Å²) in [5, 5.41) is 2.37. The fourth-order valence-electron chi connectivity index (χ4n) is 0.909. The van der Waals surface area contributed by atoms with Gasteiger partial charge in [0.25, 0.3) is 0 Å². The number of para-hydroxylation sites is 1. The van der Waals surface area contributed by atoms with E-state index < -0.39 is 19.7 Å². The Morgan fingerprint density at radius 2 is 1.86 bits per heavy atom. The molecule has 0 aliphatic heterocycles. The number of rotatable bonds is 3. The third kappa shape index (κ3) is 4.18. The minimum atomic E-state index is -4.27. The lowest BCUT2D eigenvalue weighted by Crippen LogP contribution is -2.15. The van der Waals surface area contributed by atoms with Gasteiger partial charge in [0.1, 0.15) is 6.16 Å². The molecule has 0 fully saturated rings. The van der Waals surface area contributed by atoms with E-state index >= 15 is 0 Å². The van der Waals surface area contributed by atoms with Crippen molar-refractivity contribution in [3.63, 3.8) is 0 Å². The number of amides is 1.